The molecule has 0 saturated heterocycles. The van der Waals surface area contributed by atoms with Crippen molar-refractivity contribution in [3.05, 3.63) is 24.8 Å². The summed E-state index contributed by atoms with van der Waals surface area (Å²) in [5.41, 5.74) is 1.77. The van der Waals surface area contributed by atoms with Gasteiger partial charge in [0.05, 0.1) is 0 Å². The van der Waals surface area contributed by atoms with E-state index in [2.05, 4.69) is 15.0 Å². The second kappa shape index (κ2) is 3.71. The zero-order valence-electron chi connectivity index (χ0n) is 5.65. The number of fused-ring (bicyclic) bond motifs is 1. The van der Waals surface area contributed by atoms with Crippen LogP contribution in [0.25, 0.3) is 11.0 Å². The molecule has 0 fully saturated rings. The standard InChI is InChI=1S/C6H4N3.Rb/c1-2-8-6-3-7-4-9-5(1)6;/h1-4H;/q-1;+1. The average molecular weight is 204 g/mol. The minimum Gasteiger partial charge on any atom is -0.661 e. The van der Waals surface area contributed by atoms with Gasteiger partial charge in [-0.1, -0.05) is 11.6 Å². The Bertz CT molecular complexity index is 287. The van der Waals surface area contributed by atoms with Crippen LogP contribution in [0.1, 0.15) is 0 Å². The van der Waals surface area contributed by atoms with Gasteiger partial charge in [0.2, 0.25) is 0 Å². The maximum atomic E-state index is 3.99. The minimum absolute atomic E-state index is 0. The first-order chi connectivity index (χ1) is 4.47. The Morgan fingerprint density at radius 1 is 1.40 bits per heavy atom. The molecule has 0 N–H and O–H groups in total. The second-order valence-corrected chi connectivity index (χ2v) is 1.74. The van der Waals surface area contributed by atoms with Gasteiger partial charge in [0.15, 0.2) is 0 Å². The Hall–Kier alpha value is 0.425. The van der Waals surface area contributed by atoms with Crippen LogP contribution in [0, 0.1) is 0 Å². The third-order valence-electron chi connectivity index (χ3n) is 1.17. The SMILES string of the molecule is [Rb+].c1ncc2[n-]ccc2n1. The van der Waals surface area contributed by atoms with Gasteiger partial charge >= 0.3 is 58.2 Å². The normalized spacial score (nSPS) is 9.20. The van der Waals surface area contributed by atoms with E-state index in [1.165, 1.54) is 6.33 Å². The maximum absolute atomic E-state index is 3.99. The number of hydrogen-bond donors (Lipinski definition) is 0. The van der Waals surface area contributed by atoms with Crippen LogP contribution < -0.4 is 63.2 Å². The minimum atomic E-state index is 0. The molecule has 2 aromatic heterocycles. The van der Waals surface area contributed by atoms with E-state index in [0.717, 1.165) is 11.0 Å². The van der Waals surface area contributed by atoms with Crippen molar-refractivity contribution >= 4 is 11.0 Å². The predicted molar refractivity (Wildman–Crippen MR) is 32.9 cm³/mol. The molecule has 0 saturated carbocycles. The summed E-state index contributed by atoms with van der Waals surface area (Å²) in [7, 11) is 0. The molecule has 4 heteroatoms. The summed E-state index contributed by atoms with van der Waals surface area (Å²) >= 11 is 0. The number of aromatic nitrogens is 3. The average Bonchev–Trinajstić information content (AvgIpc) is 2.33. The van der Waals surface area contributed by atoms with Crippen LogP contribution in [0.3, 0.4) is 0 Å². The quantitative estimate of drug-likeness (QED) is 0.479. The van der Waals surface area contributed by atoms with Crippen LogP contribution in [0.2, 0.25) is 0 Å². The van der Waals surface area contributed by atoms with Gasteiger partial charge in [-0.25, -0.2) is 9.97 Å². The molecule has 0 aliphatic rings. The van der Waals surface area contributed by atoms with E-state index in [1.807, 2.05) is 6.07 Å². The van der Waals surface area contributed by atoms with E-state index < -0.39 is 0 Å². The van der Waals surface area contributed by atoms with Crippen LogP contribution in [-0.4, -0.2) is 9.97 Å². The summed E-state index contributed by atoms with van der Waals surface area (Å²) < 4.78 is 0. The molecule has 10 heavy (non-hydrogen) atoms. The van der Waals surface area contributed by atoms with E-state index in [1.54, 1.807) is 12.4 Å². The second-order valence-electron chi connectivity index (χ2n) is 1.74. The van der Waals surface area contributed by atoms with Gasteiger partial charge in [-0.05, 0) is 0 Å². The number of nitrogens with zero attached hydrogens (tertiary/aromatic N) is 3. The van der Waals surface area contributed by atoms with Crippen molar-refractivity contribution in [2.45, 2.75) is 0 Å². The van der Waals surface area contributed by atoms with Crippen molar-refractivity contribution in [2.75, 3.05) is 0 Å². The number of rotatable bonds is 0. The monoisotopic (exact) mass is 203 g/mol. The maximum Gasteiger partial charge on any atom is 1.00 e. The van der Waals surface area contributed by atoms with Crippen LogP contribution in [0.5, 0.6) is 0 Å². The van der Waals surface area contributed by atoms with Crippen molar-refractivity contribution < 1.29 is 58.2 Å². The van der Waals surface area contributed by atoms with Gasteiger partial charge in [0, 0.05) is 11.7 Å². The van der Waals surface area contributed by atoms with E-state index in [4.69, 9.17) is 0 Å². The molecule has 0 unspecified atom stereocenters. The van der Waals surface area contributed by atoms with Gasteiger partial charge in [-0.2, -0.15) is 6.20 Å². The molecule has 0 amide bonds. The van der Waals surface area contributed by atoms with Crippen LogP contribution in [0.15, 0.2) is 24.8 Å². The molecule has 0 bridgehead atoms. The molecular weight excluding hydrogens is 200 g/mol. The van der Waals surface area contributed by atoms with E-state index >= 15 is 0 Å². The first-order valence-electron chi connectivity index (χ1n) is 2.64. The first kappa shape index (κ1) is 8.52. The van der Waals surface area contributed by atoms with Crippen LogP contribution in [-0.2, 0) is 0 Å². The van der Waals surface area contributed by atoms with Crippen LogP contribution in [0.4, 0.5) is 0 Å². The largest absolute Gasteiger partial charge is 1.00 e. The van der Waals surface area contributed by atoms with Crippen molar-refractivity contribution in [1.82, 2.24) is 15.0 Å². The zero-order chi connectivity index (χ0) is 6.10. The molecule has 0 aromatic carbocycles. The first-order valence-corrected chi connectivity index (χ1v) is 2.64. The Labute approximate surface area is 107 Å². The number of hydrogen-bond acceptors (Lipinski definition) is 2. The molecule has 0 aliphatic heterocycles. The Morgan fingerprint density at radius 3 is 3.10 bits per heavy atom. The molecule has 2 aromatic rings. The summed E-state index contributed by atoms with van der Waals surface area (Å²) in [6.45, 7) is 0. The summed E-state index contributed by atoms with van der Waals surface area (Å²) in [5.74, 6) is 0. The fourth-order valence-corrected chi connectivity index (χ4v) is 0.748. The van der Waals surface area contributed by atoms with Gasteiger partial charge in [-0.3, -0.25) is 0 Å². The van der Waals surface area contributed by atoms with Gasteiger partial charge in [-0.15, -0.1) is 0 Å². The molecule has 0 radical (unpaired) electrons. The Kier molecular flexibility index (Phi) is 3.16. The van der Waals surface area contributed by atoms with Crippen molar-refractivity contribution in [3.63, 3.8) is 0 Å². The molecule has 0 aliphatic carbocycles. The molecule has 3 nitrogen and oxygen atoms in total. The zero-order valence-corrected chi connectivity index (χ0v) is 10.6. The van der Waals surface area contributed by atoms with Gasteiger partial charge in [0.25, 0.3) is 0 Å². The molecule has 44 valence electrons. The predicted octanol–water partition coefficient (Wildman–Crippen LogP) is -2.41. The smallest absolute Gasteiger partial charge is 0.661 e. The Morgan fingerprint density at radius 2 is 2.30 bits per heavy atom. The summed E-state index contributed by atoms with van der Waals surface area (Å²) in [4.78, 5) is 11.8. The van der Waals surface area contributed by atoms with E-state index in [0.29, 0.717) is 0 Å². The van der Waals surface area contributed by atoms with Gasteiger partial charge < -0.3 is 4.98 Å². The van der Waals surface area contributed by atoms with E-state index in [-0.39, 0.29) is 58.2 Å². The molecule has 0 spiro atoms. The van der Waals surface area contributed by atoms with Crippen LogP contribution >= 0.6 is 0 Å². The fourth-order valence-electron chi connectivity index (χ4n) is 0.748. The fraction of sp³-hybridized carbons (Fsp3) is 0. The van der Waals surface area contributed by atoms with Gasteiger partial charge in [0.1, 0.15) is 6.33 Å². The molecule has 2 rings (SSSR count). The third-order valence-corrected chi connectivity index (χ3v) is 1.17. The summed E-state index contributed by atoms with van der Waals surface area (Å²) in [6, 6.07) is 1.86. The van der Waals surface area contributed by atoms with Crippen molar-refractivity contribution in [3.8, 4) is 0 Å². The Balaban J connectivity index is 0.000000500. The summed E-state index contributed by atoms with van der Waals surface area (Å²) in [5, 5.41) is 0. The third kappa shape index (κ3) is 1.53. The van der Waals surface area contributed by atoms with Crippen molar-refractivity contribution in [2.24, 2.45) is 0 Å². The molecule has 0 atom stereocenters. The molecule has 2 heterocycles. The molecular formula is C6H4N3Rb. The summed E-state index contributed by atoms with van der Waals surface area (Å²) in [6.07, 6.45) is 4.94. The topological polar surface area (TPSA) is 39.9 Å². The van der Waals surface area contributed by atoms with Crippen molar-refractivity contribution in [1.29, 1.82) is 0 Å². The van der Waals surface area contributed by atoms with E-state index in [9.17, 15) is 0 Å².